The standard InChI is InChI=1S/C12H15N3OS2/c1-7(11(16)15(2)3)17-12-14-9-5-4-8(13)6-10(9)18-12/h4-7H,13H2,1-3H3. The lowest BCUT2D eigenvalue weighted by molar-refractivity contribution is -0.127. The molecule has 2 rings (SSSR count). The topological polar surface area (TPSA) is 59.2 Å². The van der Waals surface area contributed by atoms with Crippen molar-refractivity contribution in [1.29, 1.82) is 0 Å². The molecule has 18 heavy (non-hydrogen) atoms. The summed E-state index contributed by atoms with van der Waals surface area (Å²) in [7, 11) is 3.52. The van der Waals surface area contributed by atoms with Crippen molar-refractivity contribution in [3.05, 3.63) is 18.2 Å². The van der Waals surface area contributed by atoms with E-state index in [4.69, 9.17) is 5.73 Å². The Balaban J connectivity index is 2.19. The smallest absolute Gasteiger partial charge is 0.235 e. The van der Waals surface area contributed by atoms with Crippen LogP contribution in [0.4, 0.5) is 5.69 Å². The van der Waals surface area contributed by atoms with Crippen LogP contribution in [0, 0.1) is 0 Å². The molecule has 0 aliphatic rings. The summed E-state index contributed by atoms with van der Waals surface area (Å²) in [4.78, 5) is 17.9. The number of fused-ring (bicyclic) bond motifs is 1. The van der Waals surface area contributed by atoms with Crippen molar-refractivity contribution >= 4 is 44.9 Å². The number of nitrogen functional groups attached to an aromatic ring is 1. The van der Waals surface area contributed by atoms with E-state index in [9.17, 15) is 4.79 Å². The van der Waals surface area contributed by atoms with Crippen LogP contribution in [0.5, 0.6) is 0 Å². The van der Waals surface area contributed by atoms with Crippen LogP contribution in [0.15, 0.2) is 22.5 Å². The van der Waals surface area contributed by atoms with Crippen molar-refractivity contribution in [2.75, 3.05) is 19.8 Å². The van der Waals surface area contributed by atoms with Crippen LogP contribution < -0.4 is 5.73 Å². The predicted octanol–water partition coefficient (Wildman–Crippen LogP) is 2.45. The van der Waals surface area contributed by atoms with Gasteiger partial charge in [-0.25, -0.2) is 4.98 Å². The van der Waals surface area contributed by atoms with E-state index in [0.29, 0.717) is 0 Å². The second-order valence-corrected chi connectivity index (χ2v) is 6.82. The molecule has 2 aromatic rings. The van der Waals surface area contributed by atoms with Gasteiger partial charge in [-0.15, -0.1) is 11.3 Å². The molecular formula is C12H15N3OS2. The third-order valence-corrected chi connectivity index (χ3v) is 4.66. The summed E-state index contributed by atoms with van der Waals surface area (Å²) in [6, 6.07) is 5.66. The molecule has 2 N–H and O–H groups in total. The van der Waals surface area contributed by atoms with Crippen LogP contribution in [0.2, 0.25) is 0 Å². The van der Waals surface area contributed by atoms with Crippen molar-refractivity contribution in [3.63, 3.8) is 0 Å². The zero-order valence-corrected chi connectivity index (χ0v) is 12.1. The first-order valence-electron chi connectivity index (χ1n) is 5.51. The highest BCUT2D eigenvalue weighted by molar-refractivity contribution is 8.02. The number of amides is 1. The summed E-state index contributed by atoms with van der Waals surface area (Å²) in [5, 5.41) is -0.127. The van der Waals surface area contributed by atoms with Gasteiger partial charge in [0.2, 0.25) is 5.91 Å². The minimum absolute atomic E-state index is 0.0961. The van der Waals surface area contributed by atoms with Crippen LogP contribution in [0.1, 0.15) is 6.92 Å². The lowest BCUT2D eigenvalue weighted by Gasteiger charge is -2.14. The molecule has 96 valence electrons. The van der Waals surface area contributed by atoms with Crippen LogP contribution in [-0.4, -0.2) is 35.1 Å². The highest BCUT2D eigenvalue weighted by Crippen LogP contribution is 2.33. The second kappa shape index (κ2) is 5.16. The Kier molecular flexibility index (Phi) is 3.77. The summed E-state index contributed by atoms with van der Waals surface area (Å²) in [5.41, 5.74) is 7.40. The lowest BCUT2D eigenvalue weighted by atomic mass is 10.3. The molecule has 0 aliphatic carbocycles. The molecule has 0 aliphatic heterocycles. The van der Waals surface area contributed by atoms with Gasteiger partial charge in [0.1, 0.15) is 0 Å². The Morgan fingerprint density at radius 3 is 2.89 bits per heavy atom. The van der Waals surface area contributed by atoms with Gasteiger partial charge >= 0.3 is 0 Å². The van der Waals surface area contributed by atoms with Gasteiger partial charge < -0.3 is 10.6 Å². The number of nitrogens with two attached hydrogens (primary N) is 1. The Hall–Kier alpha value is -1.27. The van der Waals surface area contributed by atoms with Crippen LogP contribution in [-0.2, 0) is 4.79 Å². The van der Waals surface area contributed by atoms with Gasteiger partial charge in [0.25, 0.3) is 0 Å². The average molecular weight is 281 g/mol. The van der Waals surface area contributed by atoms with Gasteiger partial charge in [-0.3, -0.25) is 4.79 Å². The first kappa shape index (κ1) is 13.2. The molecule has 0 spiro atoms. The maximum atomic E-state index is 11.8. The monoisotopic (exact) mass is 281 g/mol. The quantitative estimate of drug-likeness (QED) is 0.693. The number of thioether (sulfide) groups is 1. The third-order valence-electron chi connectivity index (χ3n) is 2.46. The number of aromatic nitrogens is 1. The molecule has 1 heterocycles. The molecule has 1 amide bonds. The molecule has 4 nitrogen and oxygen atoms in total. The van der Waals surface area contributed by atoms with E-state index in [1.165, 1.54) is 11.8 Å². The fourth-order valence-electron chi connectivity index (χ4n) is 1.54. The molecular weight excluding hydrogens is 266 g/mol. The number of carbonyl (C=O) groups excluding carboxylic acids is 1. The average Bonchev–Trinajstić information content (AvgIpc) is 2.68. The normalized spacial score (nSPS) is 12.6. The predicted molar refractivity (Wildman–Crippen MR) is 78.0 cm³/mol. The zero-order valence-electron chi connectivity index (χ0n) is 10.5. The van der Waals surface area contributed by atoms with Crippen molar-refractivity contribution in [3.8, 4) is 0 Å². The maximum absolute atomic E-state index is 11.8. The molecule has 1 aromatic carbocycles. The Bertz CT molecular complexity index is 580. The van der Waals surface area contributed by atoms with E-state index in [1.54, 1.807) is 30.3 Å². The minimum atomic E-state index is -0.127. The van der Waals surface area contributed by atoms with E-state index in [-0.39, 0.29) is 11.2 Å². The summed E-state index contributed by atoms with van der Waals surface area (Å²) >= 11 is 3.06. The first-order valence-corrected chi connectivity index (χ1v) is 7.21. The number of hydrogen-bond acceptors (Lipinski definition) is 5. The Labute approximate surface area is 114 Å². The van der Waals surface area contributed by atoms with Crippen molar-refractivity contribution < 1.29 is 4.79 Å². The van der Waals surface area contributed by atoms with E-state index in [1.807, 2.05) is 25.1 Å². The van der Waals surface area contributed by atoms with E-state index in [2.05, 4.69) is 4.98 Å². The van der Waals surface area contributed by atoms with Gasteiger partial charge in [-0.1, -0.05) is 11.8 Å². The fourth-order valence-corrected chi connectivity index (χ4v) is 3.94. The Morgan fingerprint density at radius 1 is 1.50 bits per heavy atom. The van der Waals surface area contributed by atoms with Gasteiger partial charge in [0.15, 0.2) is 4.34 Å². The highest BCUT2D eigenvalue weighted by Gasteiger charge is 2.18. The van der Waals surface area contributed by atoms with Crippen molar-refractivity contribution in [2.24, 2.45) is 0 Å². The number of nitrogens with zero attached hydrogens (tertiary/aromatic N) is 2. The van der Waals surface area contributed by atoms with Crippen LogP contribution in [0.3, 0.4) is 0 Å². The SMILES string of the molecule is CC(Sc1nc2ccc(N)cc2s1)C(=O)N(C)C. The maximum Gasteiger partial charge on any atom is 0.235 e. The zero-order chi connectivity index (χ0) is 13.3. The third kappa shape index (κ3) is 2.76. The second-order valence-electron chi connectivity index (χ2n) is 4.20. The highest BCUT2D eigenvalue weighted by atomic mass is 32.2. The molecule has 6 heteroatoms. The number of carbonyl (C=O) groups is 1. The van der Waals surface area contributed by atoms with Gasteiger partial charge in [-0.2, -0.15) is 0 Å². The van der Waals surface area contributed by atoms with E-state index >= 15 is 0 Å². The largest absolute Gasteiger partial charge is 0.399 e. The van der Waals surface area contributed by atoms with Crippen LogP contribution in [0.25, 0.3) is 10.2 Å². The summed E-state index contributed by atoms with van der Waals surface area (Å²) in [5.74, 6) is 0.0961. The van der Waals surface area contributed by atoms with Gasteiger partial charge in [-0.05, 0) is 25.1 Å². The molecule has 0 bridgehead atoms. The lowest BCUT2D eigenvalue weighted by Crippen LogP contribution is -2.29. The van der Waals surface area contributed by atoms with Gasteiger partial charge in [0, 0.05) is 19.8 Å². The number of benzene rings is 1. The fraction of sp³-hybridized carbons (Fsp3) is 0.333. The number of rotatable bonds is 3. The molecule has 0 saturated carbocycles. The summed E-state index contributed by atoms with van der Waals surface area (Å²) in [6.07, 6.45) is 0. The molecule has 0 saturated heterocycles. The summed E-state index contributed by atoms with van der Waals surface area (Å²) in [6.45, 7) is 1.90. The van der Waals surface area contributed by atoms with Gasteiger partial charge in [0.05, 0.1) is 15.5 Å². The molecule has 0 radical (unpaired) electrons. The van der Waals surface area contributed by atoms with Crippen molar-refractivity contribution in [1.82, 2.24) is 9.88 Å². The van der Waals surface area contributed by atoms with Crippen molar-refractivity contribution in [2.45, 2.75) is 16.5 Å². The number of anilines is 1. The van der Waals surface area contributed by atoms with E-state index < -0.39 is 0 Å². The molecule has 1 aromatic heterocycles. The molecule has 1 atom stereocenters. The molecule has 1 unspecified atom stereocenters. The number of hydrogen-bond donors (Lipinski definition) is 1. The summed E-state index contributed by atoms with van der Waals surface area (Å²) < 4.78 is 1.96. The minimum Gasteiger partial charge on any atom is -0.399 e. The Morgan fingerprint density at radius 2 is 2.22 bits per heavy atom. The first-order chi connectivity index (χ1) is 8.47. The molecule has 0 fully saturated rings. The number of thiazole rings is 1. The van der Waals surface area contributed by atoms with Crippen LogP contribution >= 0.6 is 23.1 Å². The van der Waals surface area contributed by atoms with E-state index in [0.717, 1.165) is 20.2 Å².